The van der Waals surface area contributed by atoms with E-state index in [1.807, 2.05) is 26.0 Å². The molecule has 1 aromatic rings. The molecule has 0 radical (unpaired) electrons. The maximum Gasteiger partial charge on any atom is 0.120 e. The summed E-state index contributed by atoms with van der Waals surface area (Å²) in [4.78, 5) is 0. The van der Waals surface area contributed by atoms with E-state index < -0.39 is 0 Å². The minimum Gasteiger partial charge on any atom is -0.508 e. The van der Waals surface area contributed by atoms with Crippen molar-refractivity contribution in [2.45, 2.75) is 26.3 Å². The van der Waals surface area contributed by atoms with Crippen molar-refractivity contribution in [3.8, 4) is 5.75 Å². The zero-order valence-electron chi connectivity index (χ0n) is 9.16. The lowest BCUT2D eigenvalue weighted by Crippen LogP contribution is -2.10. The van der Waals surface area contributed by atoms with Crippen molar-refractivity contribution in [2.75, 3.05) is 0 Å². The molecule has 0 aliphatic carbocycles. The third kappa shape index (κ3) is 3.94. The highest BCUT2D eigenvalue weighted by Crippen LogP contribution is 2.27. The number of benzene rings is 1. The Labute approximate surface area is 97.2 Å². The summed E-state index contributed by atoms with van der Waals surface area (Å²) in [5.41, 5.74) is 8.78. The van der Waals surface area contributed by atoms with Gasteiger partial charge in [-0.1, -0.05) is 17.7 Å². The molecular weight excluding hydrogens is 210 g/mol. The second-order valence-corrected chi connectivity index (χ2v) is 3.83. The van der Waals surface area contributed by atoms with Gasteiger partial charge in [0.25, 0.3) is 0 Å². The average molecular weight is 228 g/mol. The number of hydrogen-bond acceptors (Lipinski definition) is 2. The maximum atomic E-state index is 9.66. The lowest BCUT2D eigenvalue weighted by Gasteiger charge is -2.13. The van der Waals surface area contributed by atoms with Gasteiger partial charge in [0, 0.05) is 11.6 Å². The number of aromatic hydroxyl groups is 1. The zero-order chi connectivity index (χ0) is 10.7. The molecule has 1 rings (SSSR count). The molecule has 1 atom stereocenters. The predicted molar refractivity (Wildman–Crippen MR) is 66.5 cm³/mol. The van der Waals surface area contributed by atoms with E-state index in [1.165, 1.54) is 0 Å². The first-order chi connectivity index (χ1) is 6.50. The molecule has 3 heteroatoms. The van der Waals surface area contributed by atoms with Crippen LogP contribution in [0.15, 0.2) is 30.4 Å². The zero-order valence-corrected chi connectivity index (χ0v) is 9.97. The first kappa shape index (κ1) is 14.0. The van der Waals surface area contributed by atoms with E-state index in [-0.39, 0.29) is 24.2 Å². The summed E-state index contributed by atoms with van der Waals surface area (Å²) in [6, 6.07) is 5.40. The number of aryl methyl sites for hydroxylation is 1. The molecule has 2 nitrogen and oxygen atoms in total. The van der Waals surface area contributed by atoms with Crippen LogP contribution in [-0.4, -0.2) is 5.11 Å². The molecule has 0 aliphatic rings. The SMILES string of the molecule is C=C(C)C[C@H](N)c1ccc(C)cc1O.Cl. The summed E-state index contributed by atoms with van der Waals surface area (Å²) in [7, 11) is 0. The van der Waals surface area contributed by atoms with E-state index in [0.29, 0.717) is 6.42 Å². The van der Waals surface area contributed by atoms with E-state index in [0.717, 1.165) is 16.7 Å². The summed E-state index contributed by atoms with van der Waals surface area (Å²) >= 11 is 0. The first-order valence-electron chi connectivity index (χ1n) is 4.70. The van der Waals surface area contributed by atoms with Crippen LogP contribution in [0, 0.1) is 6.92 Å². The predicted octanol–water partition coefficient (Wildman–Crippen LogP) is 3.09. The van der Waals surface area contributed by atoms with Gasteiger partial charge >= 0.3 is 0 Å². The van der Waals surface area contributed by atoms with Crippen molar-refractivity contribution < 1.29 is 5.11 Å². The van der Waals surface area contributed by atoms with Crippen LogP contribution in [0.25, 0.3) is 0 Å². The Balaban J connectivity index is 0.00000196. The van der Waals surface area contributed by atoms with Crippen LogP contribution in [0.3, 0.4) is 0 Å². The van der Waals surface area contributed by atoms with Gasteiger partial charge in [0.2, 0.25) is 0 Å². The lowest BCUT2D eigenvalue weighted by molar-refractivity contribution is 0.460. The summed E-state index contributed by atoms with van der Waals surface area (Å²) in [6.45, 7) is 7.68. The second kappa shape index (κ2) is 5.79. The maximum absolute atomic E-state index is 9.66. The molecule has 0 spiro atoms. The molecule has 3 N–H and O–H groups in total. The van der Waals surface area contributed by atoms with Gasteiger partial charge in [-0.05, 0) is 31.9 Å². The minimum absolute atomic E-state index is 0. The van der Waals surface area contributed by atoms with Gasteiger partial charge in [-0.25, -0.2) is 0 Å². The Morgan fingerprint density at radius 2 is 2.13 bits per heavy atom. The molecule has 0 unspecified atom stereocenters. The van der Waals surface area contributed by atoms with Gasteiger partial charge in [0.1, 0.15) is 5.75 Å². The summed E-state index contributed by atoms with van der Waals surface area (Å²) in [5, 5.41) is 9.66. The Morgan fingerprint density at radius 3 is 2.60 bits per heavy atom. The van der Waals surface area contributed by atoms with Crippen LogP contribution in [0.1, 0.15) is 30.5 Å². The van der Waals surface area contributed by atoms with Crippen LogP contribution in [0.5, 0.6) is 5.75 Å². The minimum atomic E-state index is -0.159. The van der Waals surface area contributed by atoms with Crippen molar-refractivity contribution in [1.29, 1.82) is 0 Å². The summed E-state index contributed by atoms with van der Waals surface area (Å²) in [5.74, 6) is 0.277. The number of halogens is 1. The Morgan fingerprint density at radius 1 is 1.53 bits per heavy atom. The van der Waals surface area contributed by atoms with Crippen LogP contribution < -0.4 is 5.73 Å². The molecule has 84 valence electrons. The van der Waals surface area contributed by atoms with Gasteiger partial charge in [-0.2, -0.15) is 0 Å². The topological polar surface area (TPSA) is 46.2 Å². The molecule has 0 aromatic heterocycles. The largest absolute Gasteiger partial charge is 0.508 e. The third-order valence-electron chi connectivity index (χ3n) is 2.15. The molecule has 0 saturated carbocycles. The molecular formula is C12H18ClNO. The third-order valence-corrected chi connectivity index (χ3v) is 2.15. The van der Waals surface area contributed by atoms with Crippen molar-refractivity contribution >= 4 is 12.4 Å². The first-order valence-corrected chi connectivity index (χ1v) is 4.70. The van der Waals surface area contributed by atoms with E-state index >= 15 is 0 Å². The van der Waals surface area contributed by atoms with E-state index in [4.69, 9.17) is 5.73 Å². The van der Waals surface area contributed by atoms with Gasteiger partial charge in [-0.3, -0.25) is 0 Å². The molecule has 1 aromatic carbocycles. The van der Waals surface area contributed by atoms with Gasteiger partial charge < -0.3 is 10.8 Å². The molecule has 0 heterocycles. The smallest absolute Gasteiger partial charge is 0.120 e. The Kier molecular flexibility index (Phi) is 5.40. The van der Waals surface area contributed by atoms with Gasteiger partial charge in [0.05, 0.1) is 0 Å². The van der Waals surface area contributed by atoms with E-state index in [1.54, 1.807) is 6.07 Å². The fourth-order valence-electron chi connectivity index (χ4n) is 1.45. The normalized spacial score (nSPS) is 11.7. The fourth-order valence-corrected chi connectivity index (χ4v) is 1.45. The number of rotatable bonds is 3. The van der Waals surface area contributed by atoms with E-state index in [9.17, 15) is 5.11 Å². The Hall–Kier alpha value is -0.990. The standard InChI is InChI=1S/C12H17NO.ClH/c1-8(2)6-11(13)10-5-4-9(3)7-12(10)14;/h4-5,7,11,14H,1,6,13H2,2-3H3;1H/t11-;/m0./s1. The average Bonchev–Trinajstić information content (AvgIpc) is 2.01. The van der Waals surface area contributed by atoms with Crippen molar-refractivity contribution in [1.82, 2.24) is 0 Å². The Bertz CT molecular complexity index is 349. The number of nitrogens with two attached hydrogens (primary N) is 1. The highest BCUT2D eigenvalue weighted by atomic mass is 35.5. The fraction of sp³-hybridized carbons (Fsp3) is 0.333. The number of hydrogen-bond donors (Lipinski definition) is 2. The monoisotopic (exact) mass is 227 g/mol. The molecule has 15 heavy (non-hydrogen) atoms. The lowest BCUT2D eigenvalue weighted by atomic mass is 9.99. The summed E-state index contributed by atoms with van der Waals surface area (Å²) in [6.07, 6.45) is 0.705. The van der Waals surface area contributed by atoms with E-state index in [2.05, 4.69) is 6.58 Å². The molecule has 0 amide bonds. The number of phenolic OH excluding ortho intramolecular Hbond substituents is 1. The highest BCUT2D eigenvalue weighted by Gasteiger charge is 2.10. The highest BCUT2D eigenvalue weighted by molar-refractivity contribution is 5.85. The van der Waals surface area contributed by atoms with Crippen LogP contribution in [0.4, 0.5) is 0 Å². The van der Waals surface area contributed by atoms with Crippen molar-refractivity contribution in [3.63, 3.8) is 0 Å². The van der Waals surface area contributed by atoms with Crippen molar-refractivity contribution in [3.05, 3.63) is 41.5 Å². The van der Waals surface area contributed by atoms with Gasteiger partial charge in [-0.15, -0.1) is 19.0 Å². The van der Waals surface area contributed by atoms with Crippen LogP contribution in [0.2, 0.25) is 0 Å². The van der Waals surface area contributed by atoms with Crippen LogP contribution in [-0.2, 0) is 0 Å². The molecule has 0 aliphatic heterocycles. The molecule has 0 fully saturated rings. The van der Waals surface area contributed by atoms with Crippen molar-refractivity contribution in [2.24, 2.45) is 5.73 Å². The molecule has 0 saturated heterocycles. The summed E-state index contributed by atoms with van der Waals surface area (Å²) < 4.78 is 0. The second-order valence-electron chi connectivity index (χ2n) is 3.83. The van der Waals surface area contributed by atoms with Gasteiger partial charge in [0.15, 0.2) is 0 Å². The number of phenols is 1. The quantitative estimate of drug-likeness (QED) is 0.780. The molecule has 0 bridgehead atoms. The van der Waals surface area contributed by atoms with Crippen LogP contribution >= 0.6 is 12.4 Å².